The monoisotopic (exact) mass is 277 g/mol. The summed E-state index contributed by atoms with van der Waals surface area (Å²) in [7, 11) is 3.31. The molecule has 0 unspecified atom stereocenters. The fourth-order valence-corrected chi connectivity index (χ4v) is 2.60. The Hall–Kier alpha value is -1.39. The predicted molar refractivity (Wildman–Crippen MR) is 77.8 cm³/mol. The molecule has 1 aromatic rings. The molecule has 0 saturated carbocycles. The first-order valence-corrected chi connectivity index (χ1v) is 6.98. The van der Waals surface area contributed by atoms with Crippen LogP contribution < -0.4 is 0 Å². The SMILES string of the molecule is COC1(OC)CCN(C(=O)c2ccc(C)c(C)c2)CC1. The van der Waals surface area contributed by atoms with Crippen LogP contribution in [-0.2, 0) is 9.47 Å². The van der Waals surface area contributed by atoms with Crippen LogP contribution in [0.5, 0.6) is 0 Å². The minimum Gasteiger partial charge on any atom is -0.353 e. The van der Waals surface area contributed by atoms with E-state index in [4.69, 9.17) is 9.47 Å². The molecule has 1 aliphatic rings. The maximum atomic E-state index is 12.5. The summed E-state index contributed by atoms with van der Waals surface area (Å²) in [6, 6.07) is 5.87. The molecule has 0 spiro atoms. The van der Waals surface area contributed by atoms with Gasteiger partial charge in [-0.15, -0.1) is 0 Å². The highest BCUT2D eigenvalue weighted by Crippen LogP contribution is 2.27. The quantitative estimate of drug-likeness (QED) is 0.797. The lowest BCUT2D eigenvalue weighted by Gasteiger charge is -2.39. The lowest BCUT2D eigenvalue weighted by atomic mass is 10.0. The van der Waals surface area contributed by atoms with E-state index in [1.165, 1.54) is 5.56 Å². The normalized spacial score (nSPS) is 18.1. The van der Waals surface area contributed by atoms with Gasteiger partial charge in [0.2, 0.25) is 0 Å². The molecule has 0 aromatic heterocycles. The highest BCUT2D eigenvalue weighted by atomic mass is 16.7. The van der Waals surface area contributed by atoms with Crippen LogP contribution in [0.3, 0.4) is 0 Å². The van der Waals surface area contributed by atoms with Gasteiger partial charge in [-0.2, -0.15) is 0 Å². The molecule has 1 saturated heterocycles. The van der Waals surface area contributed by atoms with Crippen molar-refractivity contribution in [2.75, 3.05) is 27.3 Å². The number of hydrogen-bond donors (Lipinski definition) is 0. The highest BCUT2D eigenvalue weighted by molar-refractivity contribution is 5.94. The second kappa shape index (κ2) is 5.94. The van der Waals surface area contributed by atoms with Gasteiger partial charge in [-0.3, -0.25) is 4.79 Å². The molecule has 20 heavy (non-hydrogen) atoms. The molecule has 0 bridgehead atoms. The Labute approximate surface area is 120 Å². The predicted octanol–water partition coefficient (Wildman–Crippen LogP) is 2.53. The van der Waals surface area contributed by atoms with Gasteiger partial charge in [0.15, 0.2) is 5.79 Å². The van der Waals surface area contributed by atoms with Gasteiger partial charge in [0, 0.05) is 45.7 Å². The van der Waals surface area contributed by atoms with Crippen molar-refractivity contribution in [3.05, 3.63) is 34.9 Å². The standard InChI is InChI=1S/C16H23NO3/c1-12-5-6-14(11-13(12)2)15(18)17-9-7-16(19-3,20-4)8-10-17/h5-6,11H,7-10H2,1-4H3. The first-order chi connectivity index (χ1) is 9.51. The Balaban J connectivity index is 2.06. The van der Waals surface area contributed by atoms with E-state index in [9.17, 15) is 4.79 Å². The number of piperidine rings is 1. The van der Waals surface area contributed by atoms with Crippen LogP contribution in [-0.4, -0.2) is 43.9 Å². The van der Waals surface area contributed by atoms with Crippen LogP contribution in [0.4, 0.5) is 0 Å². The van der Waals surface area contributed by atoms with Crippen molar-refractivity contribution in [3.63, 3.8) is 0 Å². The number of nitrogens with zero attached hydrogens (tertiary/aromatic N) is 1. The molecule has 0 aliphatic carbocycles. The topological polar surface area (TPSA) is 38.8 Å². The zero-order valence-electron chi connectivity index (χ0n) is 12.7. The van der Waals surface area contributed by atoms with Crippen molar-refractivity contribution in [1.82, 2.24) is 4.90 Å². The summed E-state index contributed by atoms with van der Waals surface area (Å²) >= 11 is 0. The Morgan fingerprint density at radius 1 is 1.10 bits per heavy atom. The fourth-order valence-electron chi connectivity index (χ4n) is 2.60. The second-order valence-electron chi connectivity index (χ2n) is 5.41. The molecule has 0 atom stereocenters. The number of benzene rings is 1. The van der Waals surface area contributed by atoms with Gasteiger partial charge in [0.05, 0.1) is 0 Å². The summed E-state index contributed by atoms with van der Waals surface area (Å²) in [5.74, 6) is -0.436. The molecule has 1 aromatic carbocycles. The first-order valence-electron chi connectivity index (χ1n) is 6.98. The molecule has 0 N–H and O–H groups in total. The molecule has 1 fully saturated rings. The van der Waals surface area contributed by atoms with Gasteiger partial charge >= 0.3 is 0 Å². The van der Waals surface area contributed by atoms with Crippen LogP contribution in [0.25, 0.3) is 0 Å². The maximum absolute atomic E-state index is 12.5. The number of carbonyl (C=O) groups excluding carboxylic acids is 1. The average molecular weight is 277 g/mol. The number of hydrogen-bond acceptors (Lipinski definition) is 3. The lowest BCUT2D eigenvalue weighted by molar-refractivity contribution is -0.226. The van der Waals surface area contributed by atoms with Crippen LogP contribution in [0.2, 0.25) is 0 Å². The van der Waals surface area contributed by atoms with Crippen LogP contribution >= 0.6 is 0 Å². The van der Waals surface area contributed by atoms with Gasteiger partial charge < -0.3 is 14.4 Å². The lowest BCUT2D eigenvalue weighted by Crippen LogP contribution is -2.48. The van der Waals surface area contributed by atoms with Crippen molar-refractivity contribution >= 4 is 5.91 Å². The Morgan fingerprint density at radius 2 is 1.70 bits per heavy atom. The number of carbonyl (C=O) groups is 1. The summed E-state index contributed by atoms with van der Waals surface area (Å²) in [5.41, 5.74) is 3.12. The third-order valence-electron chi connectivity index (χ3n) is 4.31. The van der Waals surface area contributed by atoms with Crippen molar-refractivity contribution in [3.8, 4) is 0 Å². The Morgan fingerprint density at radius 3 is 2.20 bits per heavy atom. The van der Waals surface area contributed by atoms with E-state index in [-0.39, 0.29) is 5.91 Å². The zero-order chi connectivity index (χ0) is 14.8. The third kappa shape index (κ3) is 2.86. The largest absolute Gasteiger partial charge is 0.353 e. The van der Waals surface area contributed by atoms with Gasteiger partial charge in [0.25, 0.3) is 5.91 Å². The van der Waals surface area contributed by atoms with Crippen molar-refractivity contribution in [2.45, 2.75) is 32.5 Å². The van der Waals surface area contributed by atoms with Gasteiger partial charge in [-0.1, -0.05) is 6.07 Å². The van der Waals surface area contributed by atoms with E-state index in [0.29, 0.717) is 25.9 Å². The summed E-state index contributed by atoms with van der Waals surface area (Å²) in [6.45, 7) is 5.40. The van der Waals surface area contributed by atoms with Gasteiger partial charge in [-0.25, -0.2) is 0 Å². The number of ether oxygens (including phenoxy) is 2. The fraction of sp³-hybridized carbons (Fsp3) is 0.562. The zero-order valence-corrected chi connectivity index (χ0v) is 12.7. The summed E-state index contributed by atoms with van der Waals surface area (Å²) in [6.07, 6.45) is 1.41. The van der Waals surface area contributed by atoms with E-state index in [1.54, 1.807) is 14.2 Å². The average Bonchev–Trinajstić information content (AvgIpc) is 2.49. The maximum Gasteiger partial charge on any atom is 0.253 e. The van der Waals surface area contributed by atoms with Crippen molar-refractivity contribution < 1.29 is 14.3 Å². The molecule has 0 radical (unpaired) electrons. The molecule has 4 nitrogen and oxygen atoms in total. The van der Waals surface area contributed by atoms with E-state index >= 15 is 0 Å². The third-order valence-corrected chi connectivity index (χ3v) is 4.31. The Kier molecular flexibility index (Phi) is 4.45. The number of rotatable bonds is 3. The van der Waals surface area contributed by atoms with Gasteiger partial charge in [0.1, 0.15) is 0 Å². The number of likely N-dealkylation sites (tertiary alicyclic amines) is 1. The van der Waals surface area contributed by atoms with E-state index < -0.39 is 5.79 Å². The van der Waals surface area contributed by atoms with E-state index in [1.807, 2.05) is 30.0 Å². The number of amides is 1. The first kappa shape index (κ1) is 15.0. The van der Waals surface area contributed by atoms with E-state index in [0.717, 1.165) is 11.1 Å². The van der Waals surface area contributed by atoms with Crippen LogP contribution in [0.1, 0.15) is 34.3 Å². The summed E-state index contributed by atoms with van der Waals surface area (Å²) < 4.78 is 10.9. The number of aryl methyl sites for hydroxylation is 2. The molecular formula is C16H23NO3. The van der Waals surface area contributed by atoms with E-state index in [2.05, 4.69) is 6.92 Å². The minimum atomic E-state index is -0.528. The van der Waals surface area contributed by atoms with Crippen LogP contribution in [0, 0.1) is 13.8 Å². The van der Waals surface area contributed by atoms with Gasteiger partial charge in [-0.05, 0) is 37.1 Å². The van der Waals surface area contributed by atoms with Crippen LogP contribution in [0.15, 0.2) is 18.2 Å². The van der Waals surface area contributed by atoms with Crippen molar-refractivity contribution in [2.24, 2.45) is 0 Å². The minimum absolute atomic E-state index is 0.0916. The molecule has 110 valence electrons. The molecule has 1 aliphatic heterocycles. The molecule has 2 rings (SSSR count). The summed E-state index contributed by atoms with van der Waals surface area (Å²) in [5, 5.41) is 0. The molecule has 1 amide bonds. The number of methoxy groups -OCH3 is 2. The van der Waals surface area contributed by atoms with Crippen molar-refractivity contribution in [1.29, 1.82) is 0 Å². The molecule has 4 heteroatoms. The Bertz CT molecular complexity index is 484. The smallest absolute Gasteiger partial charge is 0.253 e. The molecular weight excluding hydrogens is 254 g/mol. The summed E-state index contributed by atoms with van der Waals surface area (Å²) in [4.78, 5) is 14.4. The molecule has 1 heterocycles. The highest BCUT2D eigenvalue weighted by Gasteiger charge is 2.36. The second-order valence-corrected chi connectivity index (χ2v) is 5.41.